The number of amides is 1. The van der Waals surface area contributed by atoms with Gasteiger partial charge in [0.2, 0.25) is 0 Å². The molecule has 0 aliphatic carbocycles. The first kappa shape index (κ1) is 19.9. The van der Waals surface area contributed by atoms with Crippen LogP contribution in [0.25, 0.3) is 17.1 Å². The molecule has 0 bridgehead atoms. The molecule has 2 aromatic heterocycles. The summed E-state index contributed by atoms with van der Waals surface area (Å²) in [6.45, 7) is 2.73. The predicted molar refractivity (Wildman–Crippen MR) is 117 cm³/mol. The van der Waals surface area contributed by atoms with Crippen LogP contribution in [0.2, 0.25) is 10.0 Å². The average molecular weight is 442 g/mol. The number of halogens is 2. The Kier molecular flexibility index (Phi) is 5.43. The lowest BCUT2D eigenvalue weighted by atomic mass is 10.2. The van der Waals surface area contributed by atoms with Gasteiger partial charge in [-0.25, -0.2) is 14.3 Å². The van der Waals surface area contributed by atoms with Crippen molar-refractivity contribution in [1.29, 1.82) is 0 Å². The Balaban J connectivity index is 1.66. The minimum Gasteiger partial charge on any atom is -0.364 e. The number of nitrogens with two attached hydrogens (primary N) is 1. The van der Waals surface area contributed by atoms with Crippen molar-refractivity contribution in [3.05, 3.63) is 70.7 Å². The number of aromatic nitrogens is 5. The summed E-state index contributed by atoms with van der Waals surface area (Å²) in [4.78, 5) is 16.2. The molecule has 8 nitrogen and oxygen atoms in total. The fourth-order valence-electron chi connectivity index (χ4n) is 3.05. The van der Waals surface area contributed by atoms with Crippen molar-refractivity contribution >= 4 is 40.5 Å². The highest BCUT2D eigenvalue weighted by Gasteiger charge is 2.18. The zero-order valence-electron chi connectivity index (χ0n) is 15.9. The van der Waals surface area contributed by atoms with E-state index in [1.54, 1.807) is 24.4 Å². The van der Waals surface area contributed by atoms with Gasteiger partial charge in [0, 0.05) is 17.8 Å². The monoisotopic (exact) mass is 441 g/mol. The Morgan fingerprint density at radius 2 is 1.83 bits per heavy atom. The van der Waals surface area contributed by atoms with Crippen LogP contribution in [0, 0.1) is 0 Å². The second-order valence-electron chi connectivity index (χ2n) is 6.37. The molecule has 2 heterocycles. The van der Waals surface area contributed by atoms with E-state index < -0.39 is 5.91 Å². The summed E-state index contributed by atoms with van der Waals surface area (Å²) in [5.74, 6) is 0.107. The highest BCUT2D eigenvalue weighted by molar-refractivity contribution is 6.37. The van der Waals surface area contributed by atoms with E-state index in [0.29, 0.717) is 21.4 Å². The number of benzene rings is 2. The average Bonchev–Trinajstić information content (AvgIpc) is 3.36. The van der Waals surface area contributed by atoms with Gasteiger partial charge >= 0.3 is 0 Å². The van der Waals surface area contributed by atoms with Crippen LogP contribution in [0.3, 0.4) is 0 Å². The Morgan fingerprint density at radius 1 is 1.13 bits per heavy atom. The van der Waals surface area contributed by atoms with E-state index in [-0.39, 0.29) is 5.69 Å². The van der Waals surface area contributed by atoms with E-state index in [1.165, 1.54) is 11.0 Å². The second kappa shape index (κ2) is 8.17. The van der Waals surface area contributed by atoms with Gasteiger partial charge in [-0.2, -0.15) is 10.2 Å². The number of nitrogens with zero attached hydrogens (tertiary/aromatic N) is 5. The first-order chi connectivity index (χ1) is 14.5. The maximum atomic E-state index is 11.9. The standard InChI is InChI=1S/C20H17Cl2N7O/c1-2-28-20(24-11-25-28)12-6-8-13(9-7-12)26-16-10-29(27-17(16)19(23)30)18-14(21)4-3-5-15(18)22/h3-11,26H,2H2,1H3,(H2,23,30). The van der Waals surface area contributed by atoms with Crippen molar-refractivity contribution in [1.82, 2.24) is 24.5 Å². The van der Waals surface area contributed by atoms with E-state index in [9.17, 15) is 4.79 Å². The van der Waals surface area contributed by atoms with Crippen molar-refractivity contribution in [3.8, 4) is 17.1 Å². The molecule has 4 rings (SSSR count). The first-order valence-electron chi connectivity index (χ1n) is 9.07. The number of hydrogen-bond donors (Lipinski definition) is 2. The Hall–Kier alpha value is -3.36. The fourth-order valence-corrected chi connectivity index (χ4v) is 3.62. The molecular weight excluding hydrogens is 425 g/mol. The van der Waals surface area contributed by atoms with Crippen LogP contribution in [-0.2, 0) is 6.54 Å². The maximum absolute atomic E-state index is 11.9. The maximum Gasteiger partial charge on any atom is 0.271 e. The number of carbonyl (C=O) groups is 1. The molecule has 0 unspecified atom stereocenters. The van der Waals surface area contributed by atoms with Crippen LogP contribution >= 0.6 is 23.2 Å². The van der Waals surface area contributed by atoms with Crippen LogP contribution in [0.5, 0.6) is 0 Å². The predicted octanol–water partition coefficient (Wildman–Crippen LogP) is 4.30. The van der Waals surface area contributed by atoms with Gasteiger partial charge in [-0.3, -0.25) is 4.79 Å². The number of nitrogens with one attached hydrogen (secondary N) is 1. The Labute approximate surface area is 182 Å². The Morgan fingerprint density at radius 3 is 2.47 bits per heavy atom. The minimum atomic E-state index is -0.674. The summed E-state index contributed by atoms with van der Waals surface area (Å²) < 4.78 is 3.25. The zero-order chi connectivity index (χ0) is 21.3. The first-order valence-corrected chi connectivity index (χ1v) is 9.82. The molecule has 0 spiro atoms. The summed E-state index contributed by atoms with van der Waals surface area (Å²) in [5.41, 5.74) is 8.15. The van der Waals surface area contributed by atoms with Gasteiger partial charge in [0.05, 0.1) is 21.9 Å². The van der Waals surface area contributed by atoms with Crippen LogP contribution in [0.15, 0.2) is 55.0 Å². The molecular formula is C20H17Cl2N7O. The normalized spacial score (nSPS) is 10.9. The van der Waals surface area contributed by atoms with Crippen molar-refractivity contribution in [2.75, 3.05) is 5.32 Å². The van der Waals surface area contributed by atoms with Crippen molar-refractivity contribution in [3.63, 3.8) is 0 Å². The molecule has 0 atom stereocenters. The van der Waals surface area contributed by atoms with Crippen LogP contribution in [-0.4, -0.2) is 30.5 Å². The number of hydrogen-bond acceptors (Lipinski definition) is 5. The van der Waals surface area contributed by atoms with Gasteiger partial charge < -0.3 is 11.1 Å². The van der Waals surface area contributed by atoms with Gasteiger partial charge in [-0.15, -0.1) is 0 Å². The largest absolute Gasteiger partial charge is 0.364 e. The number of para-hydroxylation sites is 1. The molecule has 0 saturated carbocycles. The number of carbonyl (C=O) groups excluding carboxylic acids is 1. The molecule has 0 fully saturated rings. The fraction of sp³-hybridized carbons (Fsp3) is 0.100. The molecule has 152 valence electrons. The van der Waals surface area contributed by atoms with Gasteiger partial charge in [-0.05, 0) is 43.3 Å². The molecule has 30 heavy (non-hydrogen) atoms. The van der Waals surface area contributed by atoms with E-state index in [4.69, 9.17) is 28.9 Å². The van der Waals surface area contributed by atoms with E-state index in [0.717, 1.165) is 23.6 Å². The lowest BCUT2D eigenvalue weighted by Gasteiger charge is -2.07. The third-order valence-corrected chi connectivity index (χ3v) is 5.06. The van der Waals surface area contributed by atoms with Crippen molar-refractivity contribution in [2.24, 2.45) is 5.73 Å². The number of rotatable bonds is 6. The van der Waals surface area contributed by atoms with Gasteiger partial charge in [0.25, 0.3) is 5.91 Å². The highest BCUT2D eigenvalue weighted by atomic mass is 35.5. The molecule has 0 radical (unpaired) electrons. The molecule has 10 heteroatoms. The number of primary amides is 1. The lowest BCUT2D eigenvalue weighted by molar-refractivity contribution is 0.0996. The third-order valence-electron chi connectivity index (χ3n) is 4.45. The molecule has 0 aliphatic heterocycles. The Bertz CT molecular complexity index is 1190. The van der Waals surface area contributed by atoms with E-state index >= 15 is 0 Å². The van der Waals surface area contributed by atoms with Crippen LogP contribution < -0.4 is 11.1 Å². The summed E-state index contributed by atoms with van der Waals surface area (Å²) >= 11 is 12.5. The van der Waals surface area contributed by atoms with Gasteiger partial charge in [-0.1, -0.05) is 29.3 Å². The molecule has 1 amide bonds. The highest BCUT2D eigenvalue weighted by Crippen LogP contribution is 2.30. The van der Waals surface area contributed by atoms with Gasteiger partial charge in [0.15, 0.2) is 11.5 Å². The molecule has 0 aliphatic rings. The van der Waals surface area contributed by atoms with E-state index in [1.807, 2.05) is 35.9 Å². The summed E-state index contributed by atoms with van der Waals surface area (Å²) in [6, 6.07) is 12.7. The second-order valence-corrected chi connectivity index (χ2v) is 7.19. The van der Waals surface area contributed by atoms with Crippen molar-refractivity contribution in [2.45, 2.75) is 13.5 Å². The van der Waals surface area contributed by atoms with Crippen molar-refractivity contribution < 1.29 is 4.79 Å². The zero-order valence-corrected chi connectivity index (χ0v) is 17.4. The lowest BCUT2D eigenvalue weighted by Crippen LogP contribution is -2.14. The third kappa shape index (κ3) is 3.74. The molecule has 3 N–H and O–H groups in total. The number of aryl methyl sites for hydroxylation is 1. The molecule has 2 aromatic carbocycles. The SMILES string of the molecule is CCn1ncnc1-c1ccc(Nc2cn(-c3c(Cl)cccc3Cl)nc2C(N)=O)cc1. The smallest absolute Gasteiger partial charge is 0.271 e. The molecule has 0 saturated heterocycles. The molecule has 4 aromatic rings. The number of anilines is 2. The summed E-state index contributed by atoms with van der Waals surface area (Å²) in [5, 5.41) is 12.4. The minimum absolute atomic E-state index is 0.0702. The van der Waals surface area contributed by atoms with Crippen LogP contribution in [0.4, 0.5) is 11.4 Å². The topological polar surface area (TPSA) is 104 Å². The summed E-state index contributed by atoms with van der Waals surface area (Å²) in [7, 11) is 0. The van der Waals surface area contributed by atoms with Crippen LogP contribution in [0.1, 0.15) is 17.4 Å². The quantitative estimate of drug-likeness (QED) is 0.464. The van der Waals surface area contributed by atoms with E-state index in [2.05, 4.69) is 20.5 Å². The summed E-state index contributed by atoms with van der Waals surface area (Å²) in [6.07, 6.45) is 3.15. The van der Waals surface area contributed by atoms with Gasteiger partial charge in [0.1, 0.15) is 12.0 Å².